The molecule has 0 aliphatic carbocycles. The summed E-state index contributed by atoms with van der Waals surface area (Å²) in [7, 11) is 0. The maximum Gasteiger partial charge on any atom is 0.225 e. The summed E-state index contributed by atoms with van der Waals surface area (Å²) < 4.78 is 18.8. The number of ether oxygens (including phenoxy) is 1. The lowest BCUT2D eigenvalue weighted by atomic mass is 10.3. The summed E-state index contributed by atoms with van der Waals surface area (Å²) in [6.07, 6.45) is 1.94. The average molecular weight is 353 g/mol. The van der Waals surface area contributed by atoms with Crippen molar-refractivity contribution >= 4 is 27.7 Å². The Kier molecular flexibility index (Phi) is 5.68. The molecule has 2 aromatic rings. The monoisotopic (exact) mass is 352 g/mol. The van der Waals surface area contributed by atoms with E-state index < -0.39 is 5.82 Å². The molecule has 0 bridgehead atoms. The number of benzene rings is 1. The van der Waals surface area contributed by atoms with E-state index in [-0.39, 0.29) is 5.91 Å². The maximum absolute atomic E-state index is 12.9. The number of hydrogen-bond donors (Lipinski definition) is 1. The van der Waals surface area contributed by atoms with Gasteiger partial charge in [0.25, 0.3) is 0 Å². The van der Waals surface area contributed by atoms with E-state index in [2.05, 4.69) is 26.2 Å². The van der Waals surface area contributed by atoms with Crippen LogP contribution in [-0.4, -0.2) is 17.5 Å². The second-order valence-electron chi connectivity index (χ2n) is 4.30. The number of anilines is 1. The van der Waals surface area contributed by atoms with Gasteiger partial charge in [0.2, 0.25) is 5.91 Å². The fourth-order valence-corrected chi connectivity index (χ4v) is 2.06. The first-order chi connectivity index (χ1) is 10.1. The van der Waals surface area contributed by atoms with Gasteiger partial charge in [-0.1, -0.05) is 18.2 Å². The number of nitrogens with one attached hydrogen (secondary N) is 1. The highest BCUT2D eigenvalue weighted by Crippen LogP contribution is 2.20. The van der Waals surface area contributed by atoms with Crippen LogP contribution in [-0.2, 0) is 4.79 Å². The Morgan fingerprint density at radius 1 is 1.33 bits per heavy atom. The zero-order valence-corrected chi connectivity index (χ0v) is 12.8. The number of pyridine rings is 1. The summed E-state index contributed by atoms with van der Waals surface area (Å²) in [6.45, 7) is 0.454. The Labute approximate surface area is 130 Å². The van der Waals surface area contributed by atoms with Gasteiger partial charge in [-0.05, 0) is 40.5 Å². The van der Waals surface area contributed by atoms with Crippen LogP contribution in [0.4, 0.5) is 10.2 Å². The number of hydrogen-bond acceptors (Lipinski definition) is 3. The summed E-state index contributed by atoms with van der Waals surface area (Å²) in [4.78, 5) is 15.5. The van der Waals surface area contributed by atoms with E-state index in [9.17, 15) is 9.18 Å². The van der Waals surface area contributed by atoms with E-state index in [0.29, 0.717) is 29.7 Å². The number of halogens is 2. The molecule has 6 heteroatoms. The normalized spacial score (nSPS) is 10.2. The van der Waals surface area contributed by atoms with Gasteiger partial charge in [0.15, 0.2) is 0 Å². The molecule has 0 unspecified atom stereocenters. The molecule has 0 spiro atoms. The molecule has 1 heterocycles. The predicted octanol–water partition coefficient (Wildman–Crippen LogP) is 3.78. The van der Waals surface area contributed by atoms with Crippen LogP contribution in [0.2, 0.25) is 0 Å². The lowest BCUT2D eigenvalue weighted by Gasteiger charge is -2.07. The van der Waals surface area contributed by atoms with Crippen molar-refractivity contribution in [1.82, 2.24) is 4.98 Å². The van der Waals surface area contributed by atoms with Gasteiger partial charge in [0.1, 0.15) is 17.4 Å². The largest absolute Gasteiger partial charge is 0.494 e. The van der Waals surface area contributed by atoms with Crippen LogP contribution in [0.25, 0.3) is 0 Å². The van der Waals surface area contributed by atoms with Crippen molar-refractivity contribution in [2.45, 2.75) is 12.8 Å². The zero-order valence-electron chi connectivity index (χ0n) is 11.2. The van der Waals surface area contributed by atoms with Crippen LogP contribution in [0.3, 0.4) is 0 Å². The third kappa shape index (κ3) is 5.15. The third-order valence-corrected chi connectivity index (χ3v) is 3.23. The Balaban J connectivity index is 1.72. The van der Waals surface area contributed by atoms with E-state index >= 15 is 0 Å². The molecule has 0 saturated carbocycles. The smallest absolute Gasteiger partial charge is 0.225 e. The summed E-state index contributed by atoms with van der Waals surface area (Å²) in [6, 6.07) is 10.7. The molecule has 110 valence electrons. The summed E-state index contributed by atoms with van der Waals surface area (Å²) in [5.74, 6) is 0.439. The first-order valence-corrected chi connectivity index (χ1v) is 7.23. The Hall–Kier alpha value is -1.95. The molecule has 0 atom stereocenters. The quantitative estimate of drug-likeness (QED) is 0.804. The van der Waals surface area contributed by atoms with Crippen LogP contribution in [0.5, 0.6) is 5.75 Å². The minimum absolute atomic E-state index is 0.188. The molecule has 1 amide bonds. The van der Waals surface area contributed by atoms with Crippen LogP contribution >= 0.6 is 15.9 Å². The molecule has 0 aliphatic heterocycles. The van der Waals surface area contributed by atoms with Crippen molar-refractivity contribution in [3.8, 4) is 5.75 Å². The van der Waals surface area contributed by atoms with Gasteiger partial charge in [0, 0.05) is 6.42 Å². The highest BCUT2D eigenvalue weighted by Gasteiger charge is 2.07. The molecule has 0 aliphatic rings. The molecule has 4 nitrogen and oxygen atoms in total. The van der Waals surface area contributed by atoms with Crippen LogP contribution in [0, 0.1) is 5.82 Å². The highest BCUT2D eigenvalue weighted by atomic mass is 79.9. The van der Waals surface area contributed by atoms with Crippen LogP contribution in [0.15, 0.2) is 47.1 Å². The van der Waals surface area contributed by atoms with Crippen molar-refractivity contribution in [3.63, 3.8) is 0 Å². The first-order valence-electron chi connectivity index (χ1n) is 6.44. The molecule has 0 fully saturated rings. The van der Waals surface area contributed by atoms with Crippen LogP contribution in [0.1, 0.15) is 12.8 Å². The highest BCUT2D eigenvalue weighted by molar-refractivity contribution is 9.10. The minimum Gasteiger partial charge on any atom is -0.494 e. The van der Waals surface area contributed by atoms with Gasteiger partial charge in [0.05, 0.1) is 17.3 Å². The second kappa shape index (κ2) is 7.73. The molecule has 21 heavy (non-hydrogen) atoms. The van der Waals surface area contributed by atoms with Gasteiger partial charge in [-0.15, -0.1) is 0 Å². The van der Waals surface area contributed by atoms with Crippen molar-refractivity contribution in [1.29, 1.82) is 0 Å². The van der Waals surface area contributed by atoms with Gasteiger partial charge < -0.3 is 10.1 Å². The minimum atomic E-state index is -0.462. The predicted molar refractivity (Wildman–Crippen MR) is 81.7 cm³/mol. The number of nitrogens with zero attached hydrogens (tertiary/aromatic N) is 1. The lowest BCUT2D eigenvalue weighted by Crippen LogP contribution is -2.14. The van der Waals surface area contributed by atoms with Crippen molar-refractivity contribution in [2.24, 2.45) is 0 Å². The standard InChI is InChI=1S/C15H14BrFN2O2/c16-13-9-11(17)10-18-15(13)19-14(20)7-4-8-21-12-5-2-1-3-6-12/h1-3,5-6,9-10H,4,7-8H2,(H,18,19,20). The number of para-hydroxylation sites is 1. The zero-order chi connectivity index (χ0) is 15.1. The molecule has 0 saturated heterocycles. The molecule has 2 rings (SSSR count). The van der Waals surface area contributed by atoms with E-state index in [1.54, 1.807) is 0 Å². The number of carbonyl (C=O) groups excluding carboxylic acids is 1. The van der Waals surface area contributed by atoms with E-state index in [0.717, 1.165) is 11.9 Å². The SMILES string of the molecule is O=C(CCCOc1ccccc1)Nc1ncc(F)cc1Br. The number of aromatic nitrogens is 1. The van der Waals surface area contributed by atoms with E-state index in [4.69, 9.17) is 4.74 Å². The molecular formula is C15H14BrFN2O2. The molecule has 1 aromatic carbocycles. The Morgan fingerprint density at radius 3 is 2.81 bits per heavy atom. The number of rotatable bonds is 6. The average Bonchev–Trinajstić information content (AvgIpc) is 2.48. The summed E-state index contributed by atoms with van der Waals surface area (Å²) in [5, 5.41) is 2.62. The maximum atomic E-state index is 12.9. The number of amides is 1. The van der Waals surface area contributed by atoms with Crippen LogP contribution < -0.4 is 10.1 Å². The van der Waals surface area contributed by atoms with Gasteiger partial charge >= 0.3 is 0 Å². The second-order valence-corrected chi connectivity index (χ2v) is 5.15. The van der Waals surface area contributed by atoms with Gasteiger partial charge in [-0.2, -0.15) is 0 Å². The fraction of sp³-hybridized carbons (Fsp3) is 0.200. The number of carbonyl (C=O) groups is 1. The molecule has 1 aromatic heterocycles. The molecular weight excluding hydrogens is 339 g/mol. The lowest BCUT2D eigenvalue weighted by molar-refractivity contribution is -0.116. The van der Waals surface area contributed by atoms with Crippen molar-refractivity contribution in [3.05, 3.63) is 52.9 Å². The van der Waals surface area contributed by atoms with Gasteiger partial charge in [-0.25, -0.2) is 9.37 Å². The Morgan fingerprint density at radius 2 is 2.10 bits per heavy atom. The Bertz CT molecular complexity index is 608. The first kappa shape index (κ1) is 15.4. The topological polar surface area (TPSA) is 51.2 Å². The fourth-order valence-electron chi connectivity index (χ4n) is 1.64. The van der Waals surface area contributed by atoms with E-state index in [1.807, 2.05) is 30.3 Å². The molecule has 1 N–H and O–H groups in total. The summed E-state index contributed by atoms with van der Waals surface area (Å²) in [5.41, 5.74) is 0. The van der Waals surface area contributed by atoms with Crippen molar-refractivity contribution < 1.29 is 13.9 Å². The third-order valence-electron chi connectivity index (χ3n) is 2.63. The van der Waals surface area contributed by atoms with E-state index in [1.165, 1.54) is 6.07 Å². The molecule has 0 radical (unpaired) electrons. The van der Waals surface area contributed by atoms with Gasteiger partial charge in [-0.3, -0.25) is 4.79 Å². The summed E-state index contributed by atoms with van der Waals surface area (Å²) >= 11 is 3.15. The van der Waals surface area contributed by atoms with Crippen molar-refractivity contribution in [2.75, 3.05) is 11.9 Å².